The number of nitrogens with zero attached hydrogens (tertiary/aromatic N) is 4. The zero-order valence-corrected chi connectivity index (χ0v) is 18.3. The Kier molecular flexibility index (Phi) is 4.66. The third kappa shape index (κ3) is 3.65. The van der Waals surface area contributed by atoms with Gasteiger partial charge in [-0.3, -0.25) is 4.68 Å². The quantitative estimate of drug-likeness (QED) is 0.494. The van der Waals surface area contributed by atoms with Crippen molar-refractivity contribution in [1.82, 2.24) is 25.1 Å². The maximum absolute atomic E-state index is 13.6. The monoisotopic (exact) mass is 465 g/mol. The number of rotatable bonds is 4. The van der Waals surface area contributed by atoms with Crippen LogP contribution in [0.1, 0.15) is 18.2 Å². The van der Waals surface area contributed by atoms with Gasteiger partial charge in [-0.15, -0.1) is 0 Å². The van der Waals surface area contributed by atoms with E-state index in [2.05, 4.69) is 21.4 Å². The average Bonchev–Trinajstić information content (AvgIpc) is 3.43. The summed E-state index contributed by atoms with van der Waals surface area (Å²) in [7, 11) is -3.02. The molecule has 0 aliphatic carbocycles. The highest BCUT2D eigenvalue weighted by Crippen LogP contribution is 2.38. The Hall–Kier alpha value is -3.37. The first-order valence-electron chi connectivity index (χ1n) is 10.7. The molecule has 0 bridgehead atoms. The SMILES string of the molecule is O=S1(=O)CC(n2cc(-c3ncnc4oc(C5=CCNCC5)cc34)c(-c3ccc(F)cc3)n2)C1. The first-order valence-corrected chi connectivity index (χ1v) is 12.5. The maximum Gasteiger partial charge on any atom is 0.230 e. The summed E-state index contributed by atoms with van der Waals surface area (Å²) in [5.41, 5.74) is 4.25. The average molecular weight is 466 g/mol. The van der Waals surface area contributed by atoms with Crippen molar-refractivity contribution in [3.05, 3.63) is 60.5 Å². The van der Waals surface area contributed by atoms with Crippen molar-refractivity contribution in [3.63, 3.8) is 0 Å². The smallest absolute Gasteiger partial charge is 0.230 e. The Morgan fingerprint density at radius 3 is 2.67 bits per heavy atom. The van der Waals surface area contributed by atoms with Gasteiger partial charge in [-0.05, 0) is 48.9 Å². The summed E-state index contributed by atoms with van der Waals surface area (Å²) in [6.45, 7) is 1.67. The lowest BCUT2D eigenvalue weighted by Crippen LogP contribution is -2.38. The van der Waals surface area contributed by atoms with Gasteiger partial charge in [0.05, 0.1) is 28.6 Å². The number of benzene rings is 1. The molecule has 4 aromatic rings. The summed E-state index contributed by atoms with van der Waals surface area (Å²) in [4.78, 5) is 8.84. The molecule has 2 aliphatic heterocycles. The van der Waals surface area contributed by atoms with Gasteiger partial charge < -0.3 is 9.73 Å². The van der Waals surface area contributed by atoms with Gasteiger partial charge in [0.1, 0.15) is 23.6 Å². The third-order valence-electron chi connectivity index (χ3n) is 6.08. The lowest BCUT2D eigenvalue weighted by Gasteiger charge is -2.25. The molecule has 0 unspecified atom stereocenters. The Labute approximate surface area is 189 Å². The summed E-state index contributed by atoms with van der Waals surface area (Å²) < 4.78 is 44.8. The Morgan fingerprint density at radius 2 is 1.94 bits per heavy atom. The summed E-state index contributed by atoms with van der Waals surface area (Å²) in [5.74, 6) is 0.514. The van der Waals surface area contributed by atoms with E-state index in [1.54, 1.807) is 16.8 Å². The normalized spacial score (nSPS) is 18.3. The number of fused-ring (bicyclic) bond motifs is 1. The minimum absolute atomic E-state index is 0.0498. The van der Waals surface area contributed by atoms with Gasteiger partial charge in [0.25, 0.3) is 0 Å². The molecule has 0 amide bonds. The van der Waals surface area contributed by atoms with Gasteiger partial charge >= 0.3 is 0 Å². The standard InChI is InChI=1S/C23H20FN5O3S/c24-16-3-1-15(2-4-16)21-19(10-29(28-21)17-11-33(30,31)12-17)22-18-9-20(14-5-7-25-8-6-14)32-23(18)27-13-26-22/h1-5,9-10,13,17,25H,6-8,11-12H2. The molecule has 168 valence electrons. The van der Waals surface area contributed by atoms with E-state index in [9.17, 15) is 12.8 Å². The molecular weight excluding hydrogens is 445 g/mol. The van der Waals surface area contributed by atoms with E-state index in [0.717, 1.165) is 36.2 Å². The molecule has 0 atom stereocenters. The fourth-order valence-corrected chi connectivity index (χ4v) is 5.72. The van der Waals surface area contributed by atoms with Gasteiger partial charge in [0.15, 0.2) is 9.84 Å². The molecule has 2 aliphatic rings. The van der Waals surface area contributed by atoms with Crippen LogP contribution in [0.4, 0.5) is 4.39 Å². The van der Waals surface area contributed by atoms with Gasteiger partial charge in [-0.1, -0.05) is 6.08 Å². The lowest BCUT2D eigenvalue weighted by atomic mass is 10.0. The van der Waals surface area contributed by atoms with Crippen molar-refractivity contribution in [2.75, 3.05) is 24.6 Å². The Balaban J connectivity index is 1.50. The number of hydrogen-bond donors (Lipinski definition) is 1. The van der Waals surface area contributed by atoms with Crippen molar-refractivity contribution < 1.29 is 17.2 Å². The molecule has 0 saturated carbocycles. The predicted molar refractivity (Wildman–Crippen MR) is 122 cm³/mol. The highest BCUT2D eigenvalue weighted by molar-refractivity contribution is 7.92. The van der Waals surface area contributed by atoms with E-state index < -0.39 is 9.84 Å². The van der Waals surface area contributed by atoms with Crippen LogP contribution in [0.25, 0.3) is 39.2 Å². The highest BCUT2D eigenvalue weighted by atomic mass is 32.2. The van der Waals surface area contributed by atoms with Gasteiger partial charge in [0.2, 0.25) is 5.71 Å². The van der Waals surface area contributed by atoms with Crippen LogP contribution in [-0.2, 0) is 9.84 Å². The summed E-state index contributed by atoms with van der Waals surface area (Å²) in [6, 6.07) is 7.77. The summed E-state index contributed by atoms with van der Waals surface area (Å²) in [5, 5.41) is 8.73. The molecule has 33 heavy (non-hydrogen) atoms. The maximum atomic E-state index is 13.6. The van der Waals surface area contributed by atoms with Crippen molar-refractivity contribution in [2.45, 2.75) is 12.5 Å². The van der Waals surface area contributed by atoms with Crippen LogP contribution in [0.3, 0.4) is 0 Å². The van der Waals surface area contributed by atoms with Crippen LogP contribution in [0, 0.1) is 5.82 Å². The van der Waals surface area contributed by atoms with E-state index in [0.29, 0.717) is 28.2 Å². The van der Waals surface area contributed by atoms with Gasteiger partial charge in [0, 0.05) is 23.9 Å². The van der Waals surface area contributed by atoms with E-state index in [1.165, 1.54) is 18.5 Å². The minimum atomic E-state index is -3.02. The molecular formula is C23H20FN5O3S. The molecule has 1 aromatic carbocycles. The van der Waals surface area contributed by atoms with Crippen LogP contribution < -0.4 is 5.32 Å². The van der Waals surface area contributed by atoms with Crippen molar-refractivity contribution in [1.29, 1.82) is 0 Å². The molecule has 0 radical (unpaired) electrons. The molecule has 0 spiro atoms. The zero-order chi connectivity index (χ0) is 22.6. The molecule has 1 N–H and O–H groups in total. The number of nitrogens with one attached hydrogen (secondary N) is 1. The van der Waals surface area contributed by atoms with Gasteiger partial charge in [-0.2, -0.15) is 5.10 Å². The van der Waals surface area contributed by atoms with E-state index in [1.807, 2.05) is 12.3 Å². The van der Waals surface area contributed by atoms with E-state index >= 15 is 0 Å². The molecule has 6 rings (SSSR count). The highest BCUT2D eigenvalue weighted by Gasteiger charge is 2.36. The van der Waals surface area contributed by atoms with Crippen molar-refractivity contribution in [2.24, 2.45) is 0 Å². The topological polar surface area (TPSA) is 103 Å². The molecule has 10 heteroatoms. The number of hydrogen-bond acceptors (Lipinski definition) is 7. The zero-order valence-electron chi connectivity index (χ0n) is 17.5. The molecule has 3 aromatic heterocycles. The number of sulfone groups is 1. The van der Waals surface area contributed by atoms with Crippen LogP contribution in [0.5, 0.6) is 0 Å². The number of halogens is 1. The fourth-order valence-electron chi connectivity index (χ4n) is 4.34. The summed E-state index contributed by atoms with van der Waals surface area (Å²) in [6.07, 6.45) is 6.22. The predicted octanol–water partition coefficient (Wildman–Crippen LogP) is 3.24. The second kappa shape index (κ2) is 7.60. The van der Waals surface area contributed by atoms with E-state index in [4.69, 9.17) is 9.52 Å². The Bertz CT molecular complexity index is 1490. The molecule has 8 nitrogen and oxygen atoms in total. The van der Waals surface area contributed by atoms with Crippen LogP contribution in [-0.4, -0.2) is 52.8 Å². The minimum Gasteiger partial charge on any atom is -0.438 e. The third-order valence-corrected chi connectivity index (χ3v) is 7.87. The van der Waals surface area contributed by atoms with E-state index in [-0.39, 0.29) is 23.4 Å². The lowest BCUT2D eigenvalue weighted by molar-refractivity contribution is 0.474. The second-order valence-corrected chi connectivity index (χ2v) is 10.5. The second-order valence-electron chi connectivity index (χ2n) is 8.34. The first-order chi connectivity index (χ1) is 16.0. The van der Waals surface area contributed by atoms with Crippen LogP contribution >= 0.6 is 0 Å². The number of aromatic nitrogens is 4. The van der Waals surface area contributed by atoms with Crippen LogP contribution in [0.2, 0.25) is 0 Å². The first kappa shape index (κ1) is 20.3. The molecule has 1 saturated heterocycles. The molecule has 5 heterocycles. The number of furan rings is 1. The Morgan fingerprint density at radius 1 is 1.12 bits per heavy atom. The van der Waals surface area contributed by atoms with Crippen molar-refractivity contribution in [3.8, 4) is 22.5 Å². The largest absolute Gasteiger partial charge is 0.438 e. The van der Waals surface area contributed by atoms with Crippen LogP contribution in [0.15, 0.2) is 53.3 Å². The molecule has 1 fully saturated rings. The summed E-state index contributed by atoms with van der Waals surface area (Å²) >= 11 is 0. The fraction of sp³-hybridized carbons (Fsp3) is 0.261. The van der Waals surface area contributed by atoms with Crippen molar-refractivity contribution >= 4 is 26.5 Å². The van der Waals surface area contributed by atoms with Gasteiger partial charge in [-0.25, -0.2) is 22.8 Å².